The highest BCUT2D eigenvalue weighted by molar-refractivity contribution is 6.11. The Morgan fingerprint density at radius 2 is 1.74 bits per heavy atom. The summed E-state index contributed by atoms with van der Waals surface area (Å²) < 4.78 is 39.5. The zero-order valence-electron chi connectivity index (χ0n) is 18.3. The normalized spacial score (nSPS) is 22.7. The molecule has 2 N–H and O–H groups in total. The van der Waals surface area contributed by atoms with Gasteiger partial charge in [-0.2, -0.15) is 13.2 Å². The van der Waals surface area contributed by atoms with Crippen LogP contribution in [-0.4, -0.2) is 41.2 Å². The minimum atomic E-state index is -4.48. The Morgan fingerprint density at radius 3 is 2.47 bits per heavy atom. The van der Waals surface area contributed by atoms with E-state index in [1.165, 1.54) is 23.1 Å². The molecule has 2 atom stereocenters. The second kappa shape index (κ2) is 8.45. The molecule has 2 heterocycles. The minimum Gasteiger partial charge on any atom is -0.350 e. The van der Waals surface area contributed by atoms with Crippen molar-refractivity contribution < 1.29 is 27.6 Å². The van der Waals surface area contributed by atoms with Gasteiger partial charge in [-0.1, -0.05) is 31.0 Å². The molecule has 6 nitrogen and oxygen atoms in total. The van der Waals surface area contributed by atoms with Crippen molar-refractivity contribution in [2.75, 3.05) is 11.9 Å². The van der Waals surface area contributed by atoms with Crippen molar-refractivity contribution in [1.82, 2.24) is 10.2 Å². The molecule has 2 unspecified atom stereocenters. The molecule has 2 fully saturated rings. The fraction of sp³-hybridized carbons (Fsp3) is 0.400. The third-order valence-corrected chi connectivity index (χ3v) is 7.01. The van der Waals surface area contributed by atoms with Crippen LogP contribution in [0, 0.1) is 5.92 Å². The van der Waals surface area contributed by atoms with E-state index >= 15 is 0 Å². The number of nitrogens with one attached hydrogen (secondary N) is 2. The highest BCUT2D eigenvalue weighted by Crippen LogP contribution is 2.35. The van der Waals surface area contributed by atoms with Gasteiger partial charge < -0.3 is 15.5 Å². The van der Waals surface area contributed by atoms with Crippen LogP contribution in [0.3, 0.4) is 0 Å². The van der Waals surface area contributed by atoms with Gasteiger partial charge in [-0.05, 0) is 54.7 Å². The van der Waals surface area contributed by atoms with Crippen molar-refractivity contribution in [2.45, 2.75) is 50.4 Å². The van der Waals surface area contributed by atoms with Crippen molar-refractivity contribution in [3.8, 4) is 11.1 Å². The van der Waals surface area contributed by atoms with Crippen molar-refractivity contribution >= 4 is 23.4 Å². The summed E-state index contributed by atoms with van der Waals surface area (Å²) in [6.45, 7) is 0.305. The maximum absolute atomic E-state index is 13.4. The molecule has 0 bridgehead atoms. The van der Waals surface area contributed by atoms with Gasteiger partial charge >= 0.3 is 6.18 Å². The Labute approximate surface area is 194 Å². The van der Waals surface area contributed by atoms with Gasteiger partial charge in [0.05, 0.1) is 22.9 Å². The summed E-state index contributed by atoms with van der Waals surface area (Å²) in [5.41, 5.74) is 0.506. The van der Waals surface area contributed by atoms with E-state index in [0.717, 1.165) is 37.8 Å². The summed E-state index contributed by atoms with van der Waals surface area (Å²) in [6, 6.07) is 8.22. The Kier molecular flexibility index (Phi) is 5.58. The summed E-state index contributed by atoms with van der Waals surface area (Å²) in [6.07, 6.45) is -0.317. The Balaban J connectivity index is 1.42. The molecule has 0 spiro atoms. The number of benzene rings is 2. The number of rotatable bonds is 3. The molecule has 34 heavy (non-hydrogen) atoms. The quantitative estimate of drug-likeness (QED) is 0.704. The van der Waals surface area contributed by atoms with E-state index in [0.29, 0.717) is 29.8 Å². The Morgan fingerprint density at radius 1 is 1.00 bits per heavy atom. The number of amides is 3. The average molecular weight is 471 g/mol. The Bertz CT molecular complexity index is 1160. The number of alkyl halides is 3. The van der Waals surface area contributed by atoms with Crippen LogP contribution in [0.5, 0.6) is 0 Å². The van der Waals surface area contributed by atoms with E-state index in [9.17, 15) is 27.6 Å². The summed E-state index contributed by atoms with van der Waals surface area (Å²) in [4.78, 5) is 40.5. The molecule has 3 aliphatic rings. The van der Waals surface area contributed by atoms with Crippen LogP contribution in [0.1, 0.15) is 48.0 Å². The lowest BCUT2D eigenvalue weighted by atomic mass is 9.99. The highest BCUT2D eigenvalue weighted by atomic mass is 19.4. The third-order valence-electron chi connectivity index (χ3n) is 7.01. The number of hydrogen-bond acceptors (Lipinski definition) is 3. The summed E-state index contributed by atoms with van der Waals surface area (Å²) >= 11 is 0. The maximum atomic E-state index is 13.4. The zero-order valence-corrected chi connectivity index (χ0v) is 18.3. The molecule has 2 aliphatic heterocycles. The standard InChI is InChI=1S/C25H24F3N3O3/c26-25(27,28)17-7-3-6-15(12-17)16-8-9-19-18(13-16)24(34)31-11-10-20(21(31)23(33)29-19)30-22(32)14-4-1-2-5-14/h3,6-9,12-14,20-21H,1-2,4-5,10-11H2,(H,29,33)(H,30,32). The maximum Gasteiger partial charge on any atom is 0.416 e. The Hall–Kier alpha value is -3.36. The number of hydrogen-bond donors (Lipinski definition) is 2. The molecule has 9 heteroatoms. The van der Waals surface area contributed by atoms with Crippen LogP contribution in [0.4, 0.5) is 18.9 Å². The summed E-state index contributed by atoms with van der Waals surface area (Å²) in [5.74, 6) is -0.887. The third kappa shape index (κ3) is 4.03. The highest BCUT2D eigenvalue weighted by Gasteiger charge is 2.46. The molecule has 5 rings (SSSR count). The first-order chi connectivity index (χ1) is 16.2. The van der Waals surface area contributed by atoms with Crippen molar-refractivity contribution in [2.24, 2.45) is 5.92 Å². The van der Waals surface area contributed by atoms with Gasteiger partial charge in [0, 0.05) is 12.5 Å². The fourth-order valence-electron chi connectivity index (χ4n) is 5.23. The van der Waals surface area contributed by atoms with Gasteiger partial charge in [0.1, 0.15) is 6.04 Å². The lowest BCUT2D eigenvalue weighted by molar-refractivity contribution is -0.137. The first-order valence-corrected chi connectivity index (χ1v) is 11.5. The molecular weight excluding hydrogens is 447 g/mol. The lowest BCUT2D eigenvalue weighted by Gasteiger charge is -2.25. The topological polar surface area (TPSA) is 78.5 Å². The van der Waals surface area contributed by atoms with Gasteiger partial charge in [-0.3, -0.25) is 14.4 Å². The number of carbonyl (C=O) groups is 3. The SMILES string of the molecule is O=C(NC1CCN2C(=O)c3cc(-c4cccc(C(F)(F)F)c4)ccc3NC(=O)C12)C1CCCC1. The minimum absolute atomic E-state index is 0.0502. The van der Waals surface area contributed by atoms with Gasteiger partial charge in [-0.25, -0.2) is 0 Å². The predicted molar refractivity (Wildman–Crippen MR) is 119 cm³/mol. The average Bonchev–Trinajstić information content (AvgIpc) is 3.47. The van der Waals surface area contributed by atoms with Crippen LogP contribution < -0.4 is 10.6 Å². The molecule has 1 saturated heterocycles. The monoisotopic (exact) mass is 471 g/mol. The van der Waals surface area contributed by atoms with E-state index in [1.54, 1.807) is 12.1 Å². The number of fused-ring (bicyclic) bond motifs is 2. The predicted octanol–water partition coefficient (Wildman–Crippen LogP) is 4.21. The second-order valence-electron chi connectivity index (χ2n) is 9.16. The van der Waals surface area contributed by atoms with Crippen LogP contribution in [0.25, 0.3) is 11.1 Å². The summed E-state index contributed by atoms with van der Waals surface area (Å²) in [5, 5.41) is 5.76. The molecule has 2 aromatic rings. The van der Waals surface area contributed by atoms with Gasteiger partial charge in [0.2, 0.25) is 11.8 Å². The second-order valence-corrected chi connectivity index (χ2v) is 9.16. The van der Waals surface area contributed by atoms with E-state index in [-0.39, 0.29) is 29.2 Å². The summed E-state index contributed by atoms with van der Waals surface area (Å²) in [7, 11) is 0. The van der Waals surface area contributed by atoms with Crippen molar-refractivity contribution in [3.63, 3.8) is 0 Å². The number of anilines is 1. The number of carbonyl (C=O) groups excluding carboxylic acids is 3. The zero-order chi connectivity index (χ0) is 24.0. The van der Waals surface area contributed by atoms with E-state index in [4.69, 9.17) is 0 Å². The molecule has 1 saturated carbocycles. The largest absolute Gasteiger partial charge is 0.416 e. The molecule has 3 amide bonds. The lowest BCUT2D eigenvalue weighted by Crippen LogP contribution is -2.52. The molecule has 2 aromatic carbocycles. The van der Waals surface area contributed by atoms with E-state index in [1.807, 2.05) is 0 Å². The first kappa shape index (κ1) is 22.4. The van der Waals surface area contributed by atoms with E-state index in [2.05, 4.69) is 10.6 Å². The fourth-order valence-corrected chi connectivity index (χ4v) is 5.23. The van der Waals surface area contributed by atoms with E-state index < -0.39 is 23.8 Å². The molecule has 0 aromatic heterocycles. The molecule has 0 radical (unpaired) electrons. The van der Waals surface area contributed by atoms with Gasteiger partial charge in [0.25, 0.3) is 5.91 Å². The van der Waals surface area contributed by atoms with Gasteiger partial charge in [0.15, 0.2) is 0 Å². The van der Waals surface area contributed by atoms with Crippen LogP contribution in [-0.2, 0) is 15.8 Å². The van der Waals surface area contributed by atoms with Crippen LogP contribution in [0.2, 0.25) is 0 Å². The van der Waals surface area contributed by atoms with Crippen molar-refractivity contribution in [3.05, 3.63) is 53.6 Å². The first-order valence-electron chi connectivity index (χ1n) is 11.5. The molecule has 1 aliphatic carbocycles. The van der Waals surface area contributed by atoms with Gasteiger partial charge in [-0.15, -0.1) is 0 Å². The number of nitrogens with zero attached hydrogens (tertiary/aromatic N) is 1. The molecule has 178 valence electrons. The van der Waals surface area contributed by atoms with Crippen LogP contribution >= 0.6 is 0 Å². The van der Waals surface area contributed by atoms with Crippen LogP contribution in [0.15, 0.2) is 42.5 Å². The number of halogens is 3. The smallest absolute Gasteiger partial charge is 0.350 e. The van der Waals surface area contributed by atoms with Crippen molar-refractivity contribution in [1.29, 1.82) is 0 Å². The molecular formula is C25H24F3N3O3.